The van der Waals surface area contributed by atoms with Gasteiger partial charge in [-0.25, -0.2) is 4.39 Å². The van der Waals surface area contributed by atoms with Crippen molar-refractivity contribution in [1.82, 2.24) is 15.1 Å². The van der Waals surface area contributed by atoms with E-state index in [2.05, 4.69) is 19.2 Å². The van der Waals surface area contributed by atoms with Crippen LogP contribution in [0.4, 0.5) is 4.39 Å². The first-order chi connectivity index (χ1) is 15.9. The average Bonchev–Trinajstić information content (AvgIpc) is 3.07. The number of hydrogen-bond acceptors (Lipinski definition) is 6. The number of halogens is 1. The Labute approximate surface area is 201 Å². The van der Waals surface area contributed by atoms with Gasteiger partial charge in [-0.3, -0.25) is 14.4 Å². The van der Waals surface area contributed by atoms with Crippen molar-refractivity contribution in [2.24, 2.45) is 17.4 Å². The molecule has 8 nitrogen and oxygen atoms in total. The number of nitrogens with two attached hydrogens (primary N) is 2. The molecule has 3 aliphatic heterocycles. The first-order valence-electron chi connectivity index (χ1n) is 12.1. The predicted octanol–water partition coefficient (Wildman–Crippen LogP) is 2.22. The van der Waals surface area contributed by atoms with Crippen LogP contribution in [0.3, 0.4) is 0 Å². The van der Waals surface area contributed by atoms with E-state index in [0.29, 0.717) is 56.7 Å². The van der Waals surface area contributed by atoms with Crippen molar-refractivity contribution in [2.45, 2.75) is 78.3 Å². The van der Waals surface area contributed by atoms with Crippen molar-refractivity contribution in [3.05, 3.63) is 34.1 Å². The van der Waals surface area contributed by atoms with Gasteiger partial charge >= 0.3 is 0 Å². The molecule has 2 saturated heterocycles. The number of rotatable bonds is 4. The maximum absolute atomic E-state index is 15.9. The van der Waals surface area contributed by atoms with Gasteiger partial charge in [0.15, 0.2) is 11.6 Å². The van der Waals surface area contributed by atoms with E-state index in [4.69, 9.17) is 11.5 Å². The highest BCUT2D eigenvalue weighted by molar-refractivity contribution is 6.20. The van der Waals surface area contributed by atoms with Crippen molar-refractivity contribution < 1.29 is 18.8 Å². The number of Topliss-reactive ketones (excluding diaryl/α,β-unsaturated/α-hetero) is 1. The first kappa shape index (κ1) is 25.8. The Morgan fingerprint density at radius 1 is 1.24 bits per heavy atom. The molecule has 1 atom stereocenters. The number of hydrogen-bond donors (Lipinski definition) is 3. The third kappa shape index (κ3) is 4.83. The second-order valence-corrected chi connectivity index (χ2v) is 10.2. The summed E-state index contributed by atoms with van der Waals surface area (Å²) in [5, 5.41) is 3.37. The molecular weight excluding hydrogens is 437 g/mol. The molecule has 3 rings (SSSR count). The van der Waals surface area contributed by atoms with Crippen molar-refractivity contribution in [3.63, 3.8) is 0 Å². The molecule has 0 saturated carbocycles. The van der Waals surface area contributed by atoms with Crippen LogP contribution in [0.15, 0.2) is 34.1 Å². The highest BCUT2D eigenvalue weighted by Crippen LogP contribution is 2.41. The minimum atomic E-state index is -1.03. The molecule has 0 aromatic carbocycles. The van der Waals surface area contributed by atoms with Gasteiger partial charge in [0.25, 0.3) is 5.91 Å². The zero-order valence-electron chi connectivity index (χ0n) is 21.0. The summed E-state index contributed by atoms with van der Waals surface area (Å²) in [6.45, 7) is 10.7. The number of carbonyl (C=O) groups excluding carboxylic acids is 3. The Balaban J connectivity index is 2.10. The number of likely N-dealkylation sites (tertiary alicyclic amines) is 1. The van der Waals surface area contributed by atoms with Gasteiger partial charge in [-0.05, 0) is 58.4 Å². The van der Waals surface area contributed by atoms with E-state index in [1.807, 2.05) is 11.8 Å². The maximum atomic E-state index is 15.9. The monoisotopic (exact) mass is 475 g/mol. The second kappa shape index (κ2) is 9.80. The average molecular weight is 476 g/mol. The number of primary amides is 1. The van der Waals surface area contributed by atoms with Crippen LogP contribution in [0.25, 0.3) is 0 Å². The molecule has 0 aromatic heterocycles. The largest absolute Gasteiger partial charge is 0.399 e. The van der Waals surface area contributed by atoms with Gasteiger partial charge in [-0.1, -0.05) is 6.92 Å². The standard InChI is InChI=1S/C25H38FN5O3/c1-6-16-13-31-18(7-10-25(31,4)5)19(24(28)34)23(33)14(2)21(27)20(26)22(16)29-17-8-11-30(12-9-17)15(3)32/h14,17,29H,6-13,27H2,1-5H3,(H2,28,34)/b19-18+,21-20-,22-16+. The van der Waals surface area contributed by atoms with Gasteiger partial charge in [0.05, 0.1) is 17.3 Å². The number of fused-ring (bicyclic) bond motifs is 1. The molecular formula is C25H38FN5O3. The smallest absolute Gasteiger partial charge is 0.254 e. The van der Waals surface area contributed by atoms with Gasteiger partial charge in [-0.15, -0.1) is 0 Å². The number of carbonyl (C=O) groups is 3. The molecule has 3 heterocycles. The number of amides is 2. The van der Waals surface area contributed by atoms with Crippen LogP contribution in [-0.2, 0) is 14.4 Å². The normalized spacial score (nSPS) is 30.9. The highest BCUT2D eigenvalue weighted by Gasteiger charge is 2.41. The van der Waals surface area contributed by atoms with Gasteiger partial charge < -0.3 is 26.6 Å². The van der Waals surface area contributed by atoms with Crippen LogP contribution >= 0.6 is 0 Å². The van der Waals surface area contributed by atoms with E-state index >= 15 is 4.39 Å². The van der Waals surface area contributed by atoms with Crippen LogP contribution < -0.4 is 16.8 Å². The lowest BCUT2D eigenvalue weighted by Gasteiger charge is -2.38. The van der Waals surface area contributed by atoms with Crippen molar-refractivity contribution in [1.29, 1.82) is 0 Å². The molecule has 0 spiro atoms. The lowest BCUT2D eigenvalue weighted by Crippen LogP contribution is -2.45. The third-order valence-corrected chi connectivity index (χ3v) is 7.56. The fourth-order valence-corrected chi connectivity index (χ4v) is 5.15. The third-order valence-electron chi connectivity index (χ3n) is 7.56. The fourth-order valence-electron chi connectivity index (χ4n) is 5.15. The van der Waals surface area contributed by atoms with Crippen LogP contribution in [-0.4, -0.2) is 58.6 Å². The molecule has 2 amide bonds. The fraction of sp³-hybridized carbons (Fsp3) is 0.640. The number of piperidine rings is 1. The van der Waals surface area contributed by atoms with Gasteiger partial charge in [0.1, 0.15) is 5.57 Å². The maximum Gasteiger partial charge on any atom is 0.254 e. The molecule has 1 unspecified atom stereocenters. The summed E-state index contributed by atoms with van der Waals surface area (Å²) in [5.41, 5.74) is 13.0. The zero-order chi connectivity index (χ0) is 25.4. The summed E-state index contributed by atoms with van der Waals surface area (Å²) in [4.78, 5) is 41.2. The van der Waals surface area contributed by atoms with E-state index in [0.717, 1.165) is 12.0 Å². The zero-order valence-corrected chi connectivity index (χ0v) is 21.0. The van der Waals surface area contributed by atoms with Crippen molar-refractivity contribution in [2.75, 3.05) is 19.6 Å². The Morgan fingerprint density at radius 3 is 2.38 bits per heavy atom. The Hall–Kier alpha value is -2.84. The summed E-state index contributed by atoms with van der Waals surface area (Å²) in [6, 6.07) is -0.0255. The topological polar surface area (TPSA) is 122 Å². The summed E-state index contributed by atoms with van der Waals surface area (Å²) < 4.78 is 15.9. The minimum Gasteiger partial charge on any atom is -0.399 e. The van der Waals surface area contributed by atoms with E-state index in [9.17, 15) is 14.4 Å². The number of ketones is 1. The quantitative estimate of drug-likeness (QED) is 0.536. The van der Waals surface area contributed by atoms with Gasteiger partial charge in [0, 0.05) is 43.8 Å². The molecule has 34 heavy (non-hydrogen) atoms. The molecule has 2 fully saturated rings. The predicted molar refractivity (Wildman–Crippen MR) is 128 cm³/mol. The van der Waals surface area contributed by atoms with E-state index in [-0.39, 0.29) is 28.8 Å². The molecule has 0 bridgehead atoms. The summed E-state index contributed by atoms with van der Waals surface area (Å²) in [5.74, 6) is -3.01. The van der Waals surface area contributed by atoms with E-state index in [1.54, 1.807) is 11.8 Å². The number of allylic oxidation sites excluding steroid dienone is 3. The lowest BCUT2D eigenvalue weighted by molar-refractivity contribution is -0.130. The van der Waals surface area contributed by atoms with E-state index in [1.165, 1.54) is 6.92 Å². The molecule has 0 aliphatic carbocycles. The molecule has 9 heteroatoms. The van der Waals surface area contributed by atoms with Crippen molar-refractivity contribution >= 4 is 17.6 Å². The number of nitrogens with one attached hydrogen (secondary N) is 1. The lowest BCUT2D eigenvalue weighted by atomic mass is 9.91. The Kier molecular flexibility index (Phi) is 7.43. The van der Waals surface area contributed by atoms with E-state index < -0.39 is 23.4 Å². The van der Waals surface area contributed by atoms with Gasteiger partial charge in [0.2, 0.25) is 5.91 Å². The summed E-state index contributed by atoms with van der Waals surface area (Å²) >= 11 is 0. The first-order valence-corrected chi connectivity index (χ1v) is 12.1. The SMILES string of the molecule is CC/C1=C(NC2CCN(C(C)=O)CC2)/C(F)=C(/N)C(C)C(=O)/C(C(N)=O)=C2/CCC(C)(C)N2C1. The molecule has 188 valence electrons. The Bertz CT molecular complexity index is 973. The molecule has 0 radical (unpaired) electrons. The highest BCUT2D eigenvalue weighted by atomic mass is 19.1. The van der Waals surface area contributed by atoms with Crippen molar-refractivity contribution in [3.8, 4) is 0 Å². The summed E-state index contributed by atoms with van der Waals surface area (Å²) in [6.07, 6.45) is 3.22. The Morgan fingerprint density at radius 2 is 1.85 bits per heavy atom. The molecule has 3 aliphatic rings. The number of nitrogens with zero attached hydrogens (tertiary/aromatic N) is 2. The van der Waals surface area contributed by atoms with Crippen LogP contribution in [0.2, 0.25) is 0 Å². The molecule has 0 aromatic rings. The van der Waals surface area contributed by atoms with Crippen LogP contribution in [0, 0.1) is 5.92 Å². The molecule has 5 N–H and O–H groups in total. The summed E-state index contributed by atoms with van der Waals surface area (Å²) in [7, 11) is 0. The van der Waals surface area contributed by atoms with Crippen LogP contribution in [0.1, 0.15) is 66.7 Å². The van der Waals surface area contributed by atoms with Crippen LogP contribution in [0.5, 0.6) is 0 Å². The minimum absolute atomic E-state index is 0.0255. The second-order valence-electron chi connectivity index (χ2n) is 10.2. The van der Waals surface area contributed by atoms with Gasteiger partial charge in [-0.2, -0.15) is 0 Å².